The number of carboxylic acids is 1. The van der Waals surface area contributed by atoms with Crippen LogP contribution < -0.4 is 0 Å². The van der Waals surface area contributed by atoms with Crippen LogP contribution in [0.25, 0.3) is 0 Å². The van der Waals surface area contributed by atoms with E-state index < -0.39 is 18.6 Å². The molecule has 0 saturated heterocycles. The second-order valence-corrected chi connectivity index (χ2v) is 3.08. The average molecular weight is 238 g/mol. The lowest BCUT2D eigenvalue weighted by Gasteiger charge is -2.05. The zero-order chi connectivity index (χ0) is 12.2. The van der Waals surface area contributed by atoms with Crippen molar-refractivity contribution < 1.29 is 23.1 Å². The molecule has 16 heavy (non-hydrogen) atoms. The second-order valence-electron chi connectivity index (χ2n) is 3.08. The van der Waals surface area contributed by atoms with Gasteiger partial charge >= 0.3 is 12.1 Å². The summed E-state index contributed by atoms with van der Waals surface area (Å²) in [6.45, 7) is -0.0322. The van der Waals surface area contributed by atoms with E-state index in [1.54, 1.807) is 0 Å². The molecule has 0 aliphatic rings. The van der Waals surface area contributed by atoms with Crippen LogP contribution in [0.5, 0.6) is 0 Å². The van der Waals surface area contributed by atoms with Gasteiger partial charge in [-0.3, -0.25) is 4.79 Å². The van der Waals surface area contributed by atoms with Crippen LogP contribution in [-0.2, 0) is 17.8 Å². The maximum atomic E-state index is 11.9. The highest BCUT2D eigenvalue weighted by atomic mass is 19.4. The molecular formula is C7H9F3N4O2. The number of aromatic nitrogens is 4. The number of carbonyl (C=O) groups is 1. The first-order valence-corrected chi connectivity index (χ1v) is 4.42. The van der Waals surface area contributed by atoms with Crippen molar-refractivity contribution in [3.8, 4) is 0 Å². The Labute approximate surface area is 88.1 Å². The molecule has 1 aromatic heterocycles. The van der Waals surface area contributed by atoms with Crippen LogP contribution in [0.2, 0.25) is 0 Å². The average Bonchev–Trinajstić information content (AvgIpc) is 2.57. The molecule has 1 heterocycles. The molecule has 0 bridgehead atoms. The standard InChI is InChI=1S/C7H9F3N4O2/c8-7(9,10)3-1-5-11-12-13-14(5)4-2-6(15)16/h1-4H2,(H,15,16). The van der Waals surface area contributed by atoms with Crippen LogP contribution in [-0.4, -0.2) is 37.5 Å². The first-order valence-electron chi connectivity index (χ1n) is 4.42. The van der Waals surface area contributed by atoms with Crippen LogP contribution in [0, 0.1) is 0 Å². The monoisotopic (exact) mass is 238 g/mol. The Morgan fingerprint density at radius 2 is 2.12 bits per heavy atom. The summed E-state index contributed by atoms with van der Waals surface area (Å²) < 4.78 is 36.8. The zero-order valence-electron chi connectivity index (χ0n) is 8.11. The van der Waals surface area contributed by atoms with Gasteiger partial charge in [0.05, 0.1) is 19.4 Å². The maximum Gasteiger partial charge on any atom is 0.389 e. The lowest BCUT2D eigenvalue weighted by molar-refractivity contribution is -0.138. The number of hydrogen-bond acceptors (Lipinski definition) is 4. The fourth-order valence-electron chi connectivity index (χ4n) is 1.03. The number of aliphatic carboxylic acids is 1. The van der Waals surface area contributed by atoms with Gasteiger partial charge in [-0.2, -0.15) is 13.2 Å². The number of halogens is 3. The van der Waals surface area contributed by atoms with E-state index in [-0.39, 0.29) is 25.2 Å². The van der Waals surface area contributed by atoms with Gasteiger partial charge in [-0.05, 0) is 10.4 Å². The molecule has 0 saturated carbocycles. The molecule has 0 spiro atoms. The molecule has 9 heteroatoms. The molecule has 0 aromatic carbocycles. The van der Waals surface area contributed by atoms with Crippen molar-refractivity contribution in [1.29, 1.82) is 0 Å². The van der Waals surface area contributed by atoms with Crippen molar-refractivity contribution >= 4 is 5.97 Å². The molecule has 0 fully saturated rings. The van der Waals surface area contributed by atoms with Gasteiger partial charge in [0.15, 0.2) is 5.82 Å². The minimum absolute atomic E-state index is 0.0322. The minimum Gasteiger partial charge on any atom is -0.481 e. The van der Waals surface area contributed by atoms with Gasteiger partial charge in [-0.25, -0.2) is 4.68 Å². The first-order chi connectivity index (χ1) is 7.38. The van der Waals surface area contributed by atoms with Crippen molar-refractivity contribution in [2.24, 2.45) is 0 Å². The summed E-state index contributed by atoms with van der Waals surface area (Å²) in [6.07, 6.45) is -5.88. The molecule has 1 N–H and O–H groups in total. The molecular weight excluding hydrogens is 229 g/mol. The lowest BCUT2D eigenvalue weighted by Crippen LogP contribution is -2.14. The summed E-state index contributed by atoms with van der Waals surface area (Å²) in [5.41, 5.74) is 0. The first kappa shape index (κ1) is 12.4. The number of tetrazole rings is 1. The van der Waals surface area contributed by atoms with Gasteiger partial charge in [0.2, 0.25) is 0 Å². The van der Waals surface area contributed by atoms with E-state index in [9.17, 15) is 18.0 Å². The third-order valence-electron chi connectivity index (χ3n) is 1.78. The molecule has 0 radical (unpaired) electrons. The van der Waals surface area contributed by atoms with Crippen LogP contribution in [0.4, 0.5) is 13.2 Å². The topological polar surface area (TPSA) is 80.9 Å². The second kappa shape index (κ2) is 4.90. The van der Waals surface area contributed by atoms with Crippen LogP contribution in [0.3, 0.4) is 0 Å². The van der Waals surface area contributed by atoms with Crippen molar-refractivity contribution in [3.05, 3.63) is 5.82 Å². The van der Waals surface area contributed by atoms with Crippen LogP contribution in [0.15, 0.2) is 0 Å². The SMILES string of the molecule is O=C(O)CCn1nnnc1CCC(F)(F)F. The van der Waals surface area contributed by atoms with E-state index in [2.05, 4.69) is 15.5 Å². The number of alkyl halides is 3. The van der Waals surface area contributed by atoms with Crippen molar-refractivity contribution in [3.63, 3.8) is 0 Å². The van der Waals surface area contributed by atoms with Crippen molar-refractivity contribution in [1.82, 2.24) is 20.2 Å². The van der Waals surface area contributed by atoms with Gasteiger partial charge in [0.1, 0.15) is 0 Å². The van der Waals surface area contributed by atoms with Gasteiger partial charge in [0, 0.05) is 6.42 Å². The fourth-order valence-corrected chi connectivity index (χ4v) is 1.03. The largest absolute Gasteiger partial charge is 0.481 e. The third kappa shape index (κ3) is 4.24. The maximum absolute atomic E-state index is 11.9. The lowest BCUT2D eigenvalue weighted by atomic mass is 10.3. The Kier molecular flexibility index (Phi) is 3.80. The van der Waals surface area contributed by atoms with E-state index in [0.29, 0.717) is 0 Å². The number of rotatable bonds is 5. The number of carboxylic acid groups (broad SMARTS) is 1. The Morgan fingerprint density at radius 3 is 2.69 bits per heavy atom. The molecule has 0 aliphatic heterocycles. The van der Waals surface area contributed by atoms with Crippen molar-refractivity contribution in [2.75, 3.05) is 0 Å². The summed E-state index contributed by atoms with van der Waals surface area (Å²) in [5.74, 6) is -1.02. The Balaban J connectivity index is 2.53. The quantitative estimate of drug-likeness (QED) is 0.814. The predicted octanol–water partition coefficient (Wildman–Crippen LogP) is 0.643. The molecule has 90 valence electrons. The molecule has 0 unspecified atom stereocenters. The summed E-state index contributed by atoms with van der Waals surface area (Å²) in [4.78, 5) is 10.3. The summed E-state index contributed by atoms with van der Waals surface area (Å²) in [6, 6.07) is 0. The Bertz CT molecular complexity index is 363. The van der Waals surface area contributed by atoms with Gasteiger partial charge < -0.3 is 5.11 Å². The predicted molar refractivity (Wildman–Crippen MR) is 44.4 cm³/mol. The molecule has 1 rings (SSSR count). The van der Waals surface area contributed by atoms with E-state index in [4.69, 9.17) is 5.11 Å². The molecule has 6 nitrogen and oxygen atoms in total. The van der Waals surface area contributed by atoms with Crippen LogP contribution >= 0.6 is 0 Å². The van der Waals surface area contributed by atoms with Gasteiger partial charge in [-0.15, -0.1) is 5.10 Å². The minimum atomic E-state index is -4.27. The van der Waals surface area contributed by atoms with E-state index in [0.717, 1.165) is 4.68 Å². The normalized spacial score (nSPS) is 11.7. The highest BCUT2D eigenvalue weighted by Crippen LogP contribution is 2.21. The number of hydrogen-bond donors (Lipinski definition) is 1. The Morgan fingerprint density at radius 1 is 1.44 bits per heavy atom. The highest BCUT2D eigenvalue weighted by molar-refractivity contribution is 5.66. The van der Waals surface area contributed by atoms with Crippen molar-refractivity contribution in [2.45, 2.75) is 32.0 Å². The highest BCUT2D eigenvalue weighted by Gasteiger charge is 2.27. The van der Waals surface area contributed by atoms with E-state index in [1.807, 2.05) is 0 Å². The van der Waals surface area contributed by atoms with E-state index >= 15 is 0 Å². The molecule has 0 atom stereocenters. The number of aryl methyl sites for hydroxylation is 2. The molecule has 1 aromatic rings. The van der Waals surface area contributed by atoms with Gasteiger partial charge in [0.25, 0.3) is 0 Å². The number of nitrogens with zero attached hydrogens (tertiary/aromatic N) is 4. The Hall–Kier alpha value is -1.67. The third-order valence-corrected chi connectivity index (χ3v) is 1.78. The summed E-state index contributed by atoms with van der Waals surface area (Å²) >= 11 is 0. The fraction of sp³-hybridized carbons (Fsp3) is 0.714. The summed E-state index contributed by atoms with van der Waals surface area (Å²) in [7, 11) is 0. The summed E-state index contributed by atoms with van der Waals surface area (Å²) in [5, 5.41) is 18.4. The smallest absolute Gasteiger partial charge is 0.389 e. The van der Waals surface area contributed by atoms with Crippen LogP contribution in [0.1, 0.15) is 18.7 Å². The molecule has 0 aliphatic carbocycles. The van der Waals surface area contributed by atoms with E-state index in [1.165, 1.54) is 0 Å². The molecule has 0 amide bonds. The van der Waals surface area contributed by atoms with Gasteiger partial charge in [-0.1, -0.05) is 0 Å². The zero-order valence-corrected chi connectivity index (χ0v) is 8.11.